The lowest BCUT2D eigenvalue weighted by Gasteiger charge is -2.28. The van der Waals surface area contributed by atoms with Gasteiger partial charge in [0.05, 0.1) is 0 Å². The Morgan fingerprint density at radius 3 is 1.92 bits per heavy atom. The number of hydrogen-bond acceptors (Lipinski definition) is 3. The minimum atomic E-state index is -0.0831. The number of rotatable bonds is 4. The fraction of sp³-hybridized carbons (Fsp3) is 0.0612. The molecule has 1 aliphatic carbocycles. The second kappa shape index (κ2) is 11.1. The van der Waals surface area contributed by atoms with Crippen molar-refractivity contribution in [1.29, 1.82) is 0 Å². The predicted molar refractivity (Wildman–Crippen MR) is 227 cm³/mol. The molecule has 0 fully saturated rings. The van der Waals surface area contributed by atoms with Gasteiger partial charge in [-0.25, -0.2) is 0 Å². The molecule has 0 aliphatic heterocycles. The molecule has 2 aromatic heterocycles. The summed E-state index contributed by atoms with van der Waals surface area (Å²) in [6.45, 7) is 4.72. The zero-order valence-electron chi connectivity index (χ0n) is 28.9. The predicted octanol–water partition coefficient (Wildman–Crippen LogP) is 15.0. The van der Waals surface area contributed by atoms with E-state index in [9.17, 15) is 0 Å². The average molecular weight is 700 g/mol. The zero-order chi connectivity index (χ0) is 34.6. The Morgan fingerprint density at radius 2 is 1.06 bits per heavy atom. The summed E-state index contributed by atoms with van der Waals surface area (Å²) < 4.78 is 5.37. The highest BCUT2D eigenvalue weighted by Crippen LogP contribution is 2.52. The lowest BCUT2D eigenvalue weighted by Crippen LogP contribution is -2.16. The number of benzene rings is 8. The van der Waals surface area contributed by atoms with Crippen LogP contribution in [0.25, 0.3) is 73.4 Å². The van der Waals surface area contributed by atoms with Crippen LogP contribution in [0.3, 0.4) is 0 Å². The molecule has 2 heterocycles. The maximum Gasteiger partial charge on any atom is 0.0476 e. The van der Waals surface area contributed by atoms with Crippen LogP contribution in [-0.4, -0.2) is 0 Å². The summed E-state index contributed by atoms with van der Waals surface area (Å²) in [5.41, 5.74) is 11.3. The molecule has 8 aromatic carbocycles. The first-order valence-electron chi connectivity index (χ1n) is 17.9. The van der Waals surface area contributed by atoms with Gasteiger partial charge in [0.15, 0.2) is 0 Å². The first kappa shape index (κ1) is 29.9. The van der Waals surface area contributed by atoms with E-state index in [2.05, 4.69) is 183 Å². The van der Waals surface area contributed by atoms with E-state index in [4.69, 9.17) is 0 Å². The molecule has 3 heteroatoms. The molecule has 0 radical (unpaired) electrons. The molecule has 1 aliphatic rings. The topological polar surface area (TPSA) is 3.24 Å². The van der Waals surface area contributed by atoms with Crippen molar-refractivity contribution in [2.45, 2.75) is 19.3 Å². The Kier molecular flexibility index (Phi) is 6.41. The van der Waals surface area contributed by atoms with Crippen LogP contribution in [0.1, 0.15) is 25.0 Å². The van der Waals surface area contributed by atoms with Crippen molar-refractivity contribution in [2.24, 2.45) is 0 Å². The van der Waals surface area contributed by atoms with E-state index in [-0.39, 0.29) is 5.41 Å². The normalized spacial score (nSPS) is 13.3. The van der Waals surface area contributed by atoms with E-state index in [1.165, 1.54) is 90.2 Å². The third-order valence-corrected chi connectivity index (χ3v) is 13.6. The van der Waals surface area contributed by atoms with E-state index >= 15 is 0 Å². The Balaban J connectivity index is 1.10. The molecule has 0 amide bonds. The average Bonchev–Trinajstić information content (AvgIpc) is 3.83. The summed E-state index contributed by atoms with van der Waals surface area (Å²) in [6.07, 6.45) is 0. The molecule has 11 rings (SSSR count). The summed E-state index contributed by atoms with van der Waals surface area (Å²) in [5.74, 6) is 0. The second-order valence-corrected chi connectivity index (χ2v) is 16.6. The Bertz CT molecular complexity index is 3040. The van der Waals surface area contributed by atoms with E-state index in [0.29, 0.717) is 0 Å². The van der Waals surface area contributed by atoms with Crippen molar-refractivity contribution in [2.75, 3.05) is 4.90 Å². The molecular formula is C49H33NS2. The van der Waals surface area contributed by atoms with Gasteiger partial charge in [-0.2, -0.15) is 0 Å². The molecule has 0 N–H and O–H groups in total. The minimum absolute atomic E-state index is 0.0831. The minimum Gasteiger partial charge on any atom is -0.310 e. The highest BCUT2D eigenvalue weighted by atomic mass is 32.1. The highest BCUT2D eigenvalue weighted by molar-refractivity contribution is 7.28. The van der Waals surface area contributed by atoms with Crippen LogP contribution in [-0.2, 0) is 5.41 Å². The quantitative estimate of drug-likeness (QED) is 0.177. The largest absolute Gasteiger partial charge is 0.310 e. The van der Waals surface area contributed by atoms with Crippen LogP contribution in [0.4, 0.5) is 17.1 Å². The first-order chi connectivity index (χ1) is 25.5. The van der Waals surface area contributed by atoms with Gasteiger partial charge < -0.3 is 4.90 Å². The van der Waals surface area contributed by atoms with Crippen LogP contribution in [0.5, 0.6) is 0 Å². The summed E-state index contributed by atoms with van der Waals surface area (Å²) in [6, 6.07) is 60.8. The van der Waals surface area contributed by atoms with E-state index < -0.39 is 0 Å². The fourth-order valence-corrected chi connectivity index (χ4v) is 11.1. The van der Waals surface area contributed by atoms with E-state index in [1.807, 2.05) is 22.7 Å². The van der Waals surface area contributed by atoms with Gasteiger partial charge in [0.1, 0.15) is 0 Å². The third-order valence-electron chi connectivity index (χ3n) is 11.3. The maximum atomic E-state index is 2.44. The monoisotopic (exact) mass is 699 g/mol. The number of nitrogens with zero attached hydrogens (tertiary/aromatic N) is 1. The summed E-state index contributed by atoms with van der Waals surface area (Å²) in [7, 11) is 0. The zero-order valence-corrected chi connectivity index (χ0v) is 30.5. The Morgan fingerprint density at radius 1 is 0.423 bits per heavy atom. The molecule has 246 valence electrons. The van der Waals surface area contributed by atoms with Gasteiger partial charge in [-0.05, 0) is 92.7 Å². The van der Waals surface area contributed by atoms with Crippen molar-refractivity contribution in [3.05, 3.63) is 175 Å². The first-order valence-corrected chi connectivity index (χ1v) is 19.6. The van der Waals surface area contributed by atoms with Crippen molar-refractivity contribution < 1.29 is 0 Å². The van der Waals surface area contributed by atoms with Gasteiger partial charge in [-0.1, -0.05) is 129 Å². The van der Waals surface area contributed by atoms with E-state index in [0.717, 1.165) is 11.4 Å². The van der Waals surface area contributed by atoms with Crippen LogP contribution in [0, 0.1) is 0 Å². The molecule has 1 nitrogen and oxygen atoms in total. The molecule has 0 unspecified atom stereocenters. The third kappa shape index (κ3) is 4.33. The van der Waals surface area contributed by atoms with Crippen molar-refractivity contribution in [1.82, 2.24) is 0 Å². The van der Waals surface area contributed by atoms with Crippen LogP contribution < -0.4 is 4.90 Å². The summed E-state index contributed by atoms with van der Waals surface area (Å²) in [4.78, 5) is 2.44. The molecule has 0 saturated heterocycles. The Hall–Kier alpha value is -5.74. The highest BCUT2D eigenvalue weighted by Gasteiger charge is 2.35. The lowest BCUT2D eigenvalue weighted by molar-refractivity contribution is 0.660. The Labute approximate surface area is 310 Å². The molecule has 10 aromatic rings. The molecular weight excluding hydrogens is 667 g/mol. The lowest BCUT2D eigenvalue weighted by atomic mass is 9.82. The molecule has 0 atom stereocenters. The van der Waals surface area contributed by atoms with Crippen LogP contribution in [0.15, 0.2) is 164 Å². The second-order valence-electron chi connectivity index (χ2n) is 14.5. The van der Waals surface area contributed by atoms with Crippen LogP contribution >= 0.6 is 22.7 Å². The van der Waals surface area contributed by atoms with Gasteiger partial charge in [0.2, 0.25) is 0 Å². The van der Waals surface area contributed by atoms with Gasteiger partial charge >= 0.3 is 0 Å². The molecule has 0 bridgehead atoms. The van der Waals surface area contributed by atoms with Crippen molar-refractivity contribution >= 4 is 90.9 Å². The fourth-order valence-electron chi connectivity index (χ4n) is 8.70. The standard InChI is InChI=1S/C49H33NS2/c1-49(2)41-15-9-8-14-37(41)38-24-21-34(28-42(38)49)50(33-19-16-31(17-20-33)30-10-4-3-5-11-30)35-22-25-39-45(29-35)51-43-26-27-44-47(46(39)43)40-23-18-32-12-6-7-13-36(32)48(40)52-44/h3-29H,1-2H3. The number of thiophene rings is 2. The maximum absolute atomic E-state index is 2.44. The molecule has 0 spiro atoms. The van der Waals surface area contributed by atoms with Crippen molar-refractivity contribution in [3.63, 3.8) is 0 Å². The van der Waals surface area contributed by atoms with Gasteiger partial charge in [0.25, 0.3) is 0 Å². The van der Waals surface area contributed by atoms with Crippen LogP contribution in [0.2, 0.25) is 0 Å². The van der Waals surface area contributed by atoms with Gasteiger partial charge in [0, 0.05) is 62.8 Å². The van der Waals surface area contributed by atoms with Gasteiger partial charge in [-0.15, -0.1) is 22.7 Å². The summed E-state index contributed by atoms with van der Waals surface area (Å²) in [5, 5.41) is 8.08. The van der Waals surface area contributed by atoms with E-state index in [1.54, 1.807) is 0 Å². The molecule has 52 heavy (non-hydrogen) atoms. The number of fused-ring (bicyclic) bond motifs is 12. The summed E-state index contributed by atoms with van der Waals surface area (Å²) >= 11 is 3.82. The smallest absolute Gasteiger partial charge is 0.0476 e. The SMILES string of the molecule is CC1(C)c2ccccc2-c2ccc(N(c3ccc(-c4ccccc4)cc3)c3ccc4c(c3)sc3ccc5sc6c7ccccc7ccc6c5c34)cc21. The number of hydrogen-bond donors (Lipinski definition) is 0. The number of anilines is 3. The van der Waals surface area contributed by atoms with Crippen molar-refractivity contribution in [3.8, 4) is 22.3 Å². The van der Waals surface area contributed by atoms with Gasteiger partial charge in [-0.3, -0.25) is 0 Å². The molecule has 0 saturated carbocycles.